The molecule has 1 fully saturated rings. The number of hydrogen-bond acceptors (Lipinski definition) is 2. The summed E-state index contributed by atoms with van der Waals surface area (Å²) >= 11 is 0. The molecule has 0 aromatic heterocycles. The molecule has 2 atom stereocenters. The normalized spacial score (nSPS) is 16.3. The summed E-state index contributed by atoms with van der Waals surface area (Å²) in [6.45, 7) is 9.61. The summed E-state index contributed by atoms with van der Waals surface area (Å²) in [5.74, 6) is 0.589. The third kappa shape index (κ3) is 6.71. The van der Waals surface area contributed by atoms with Crippen molar-refractivity contribution in [1.29, 1.82) is 0 Å². The number of hydrogen-bond donors (Lipinski definition) is 1. The lowest BCUT2D eigenvalue weighted by atomic mass is 9.95. The minimum Gasteiger partial charge on any atom is -0.347 e. The zero-order chi connectivity index (χ0) is 19.9. The van der Waals surface area contributed by atoms with Gasteiger partial charge in [-0.1, -0.05) is 75.9 Å². The molecule has 1 aliphatic heterocycles. The van der Waals surface area contributed by atoms with Gasteiger partial charge < -0.3 is 10.2 Å². The Kier molecular flexibility index (Phi) is 8.91. The van der Waals surface area contributed by atoms with Gasteiger partial charge in [-0.15, -0.1) is 0 Å². The molecule has 2 aromatic rings. The Morgan fingerprint density at radius 2 is 1.55 bits per heavy atom. The van der Waals surface area contributed by atoms with E-state index < -0.39 is 0 Å². The zero-order valence-electron chi connectivity index (χ0n) is 17.5. The molecule has 0 spiro atoms. The van der Waals surface area contributed by atoms with Crippen molar-refractivity contribution in [3.8, 4) is 0 Å². The summed E-state index contributed by atoms with van der Waals surface area (Å²) in [4.78, 5) is 15.5. The first-order valence-electron chi connectivity index (χ1n) is 10.7. The average molecular weight is 395 g/mol. The fourth-order valence-electron chi connectivity index (χ4n) is 4.01. The first kappa shape index (κ1) is 23.2. The zero-order valence-corrected chi connectivity index (χ0v) is 17.5. The Morgan fingerprint density at radius 3 is 2.14 bits per heavy atom. The van der Waals surface area contributed by atoms with E-state index >= 15 is 0 Å². The summed E-state index contributed by atoms with van der Waals surface area (Å²) in [6, 6.07) is 19.0. The fraction of sp³-hybridized carbons (Fsp3) is 0.500. The van der Waals surface area contributed by atoms with Crippen molar-refractivity contribution in [3.63, 3.8) is 0 Å². The van der Waals surface area contributed by atoms with Gasteiger partial charge in [0, 0.05) is 6.54 Å². The van der Waals surface area contributed by atoms with Crippen molar-refractivity contribution >= 4 is 5.91 Å². The number of likely N-dealkylation sites (tertiary alicyclic amines) is 1. The van der Waals surface area contributed by atoms with Crippen LogP contribution in [-0.4, -0.2) is 30.4 Å². The van der Waals surface area contributed by atoms with E-state index in [1.54, 1.807) is 0 Å². The van der Waals surface area contributed by atoms with Crippen molar-refractivity contribution in [1.82, 2.24) is 10.2 Å². The second-order valence-electron chi connectivity index (χ2n) is 8.54. The number of carbonyl (C=O) groups is 1. The number of amides is 1. The number of carbonyl (C=O) groups excluding carboxylic acids is 1. The average Bonchev–Trinajstić information content (AvgIpc) is 3.21. The predicted molar refractivity (Wildman–Crippen MR) is 123 cm³/mol. The molecule has 2 aromatic carbocycles. The van der Waals surface area contributed by atoms with E-state index in [9.17, 15) is 4.79 Å². The van der Waals surface area contributed by atoms with Crippen LogP contribution in [0.3, 0.4) is 0 Å². The molecule has 0 radical (unpaired) electrons. The van der Waals surface area contributed by atoms with E-state index in [1.165, 1.54) is 24.0 Å². The highest BCUT2D eigenvalue weighted by Gasteiger charge is 2.23. The molecule has 0 saturated carbocycles. The number of benzene rings is 2. The van der Waals surface area contributed by atoms with Crippen LogP contribution in [0.25, 0.3) is 0 Å². The van der Waals surface area contributed by atoms with Gasteiger partial charge in [-0.2, -0.15) is 0 Å². The smallest absolute Gasteiger partial charge is 0.227 e. The second-order valence-corrected chi connectivity index (χ2v) is 8.54. The Labute approximate surface area is 177 Å². The lowest BCUT2D eigenvalue weighted by Gasteiger charge is -2.26. The van der Waals surface area contributed by atoms with Crippen LogP contribution in [0.15, 0.2) is 54.6 Å². The maximum atomic E-state index is 13.0. The monoisotopic (exact) mass is 394 g/mol. The van der Waals surface area contributed by atoms with E-state index in [1.807, 2.05) is 13.0 Å². The van der Waals surface area contributed by atoms with Crippen LogP contribution in [0, 0.1) is 5.92 Å². The van der Waals surface area contributed by atoms with E-state index in [2.05, 4.69) is 72.6 Å². The van der Waals surface area contributed by atoms with Crippen molar-refractivity contribution < 1.29 is 4.79 Å². The summed E-state index contributed by atoms with van der Waals surface area (Å²) in [6.07, 6.45) is 3.59. The summed E-state index contributed by atoms with van der Waals surface area (Å²) in [5, 5.41) is 3.32. The predicted octanol–water partition coefficient (Wildman–Crippen LogP) is 5.58. The van der Waals surface area contributed by atoms with Gasteiger partial charge in [0.15, 0.2) is 0 Å². The number of nitrogens with one attached hydrogen (secondary N) is 1. The maximum Gasteiger partial charge on any atom is 0.227 e. The molecule has 1 amide bonds. The SMILES string of the molecule is C.CC(C)Cc1ccc(C(C)C(=O)N[C@H](CN2CCCC2)c2ccccc2)cc1. The third-order valence-electron chi connectivity index (χ3n) is 5.67. The van der Waals surface area contributed by atoms with Gasteiger partial charge >= 0.3 is 0 Å². The number of rotatable bonds is 8. The third-order valence-corrected chi connectivity index (χ3v) is 5.67. The lowest BCUT2D eigenvalue weighted by Crippen LogP contribution is -2.38. The van der Waals surface area contributed by atoms with Crippen LogP contribution in [0.4, 0.5) is 0 Å². The standard InChI is InChI=1S/C25H34N2O.CH4/c1-19(2)17-21-11-13-22(14-12-21)20(3)25(28)26-24(18-27-15-7-8-16-27)23-9-5-4-6-10-23;/h4-6,9-14,19-20,24H,7-8,15-18H2,1-3H3,(H,26,28);1H4/t20?,24-;/m1./s1. The largest absolute Gasteiger partial charge is 0.347 e. The second kappa shape index (κ2) is 11.2. The highest BCUT2D eigenvalue weighted by atomic mass is 16.1. The Balaban J connectivity index is 0.00000300. The van der Waals surface area contributed by atoms with E-state index in [0.29, 0.717) is 5.92 Å². The first-order chi connectivity index (χ1) is 13.5. The van der Waals surface area contributed by atoms with Gasteiger partial charge in [0.05, 0.1) is 12.0 Å². The molecule has 3 rings (SSSR count). The van der Waals surface area contributed by atoms with Crippen LogP contribution >= 0.6 is 0 Å². The first-order valence-corrected chi connectivity index (χ1v) is 10.7. The fourth-order valence-corrected chi connectivity index (χ4v) is 4.01. The topological polar surface area (TPSA) is 32.3 Å². The summed E-state index contributed by atoms with van der Waals surface area (Å²) in [5.41, 5.74) is 3.60. The molecule has 1 saturated heterocycles. The molecular formula is C26H38N2O. The van der Waals surface area contributed by atoms with Crippen LogP contribution in [0.2, 0.25) is 0 Å². The van der Waals surface area contributed by atoms with Crippen molar-refractivity contribution in [3.05, 3.63) is 71.3 Å². The van der Waals surface area contributed by atoms with Gasteiger partial charge in [-0.05, 0) is 61.9 Å². The molecule has 158 valence electrons. The Bertz CT molecular complexity index is 733. The molecule has 29 heavy (non-hydrogen) atoms. The molecule has 0 bridgehead atoms. The van der Waals surface area contributed by atoms with Gasteiger partial charge in [0.2, 0.25) is 5.91 Å². The van der Waals surface area contributed by atoms with Crippen LogP contribution in [0.1, 0.15) is 69.7 Å². The highest BCUT2D eigenvalue weighted by molar-refractivity contribution is 5.83. The highest BCUT2D eigenvalue weighted by Crippen LogP contribution is 2.22. The van der Waals surface area contributed by atoms with Crippen molar-refractivity contribution in [2.24, 2.45) is 5.92 Å². The van der Waals surface area contributed by atoms with Crippen molar-refractivity contribution in [2.45, 2.75) is 59.4 Å². The lowest BCUT2D eigenvalue weighted by molar-refractivity contribution is -0.123. The maximum absolute atomic E-state index is 13.0. The number of nitrogens with zero attached hydrogens (tertiary/aromatic N) is 1. The van der Waals surface area contributed by atoms with E-state index in [-0.39, 0.29) is 25.3 Å². The van der Waals surface area contributed by atoms with Crippen LogP contribution in [-0.2, 0) is 11.2 Å². The summed E-state index contributed by atoms with van der Waals surface area (Å²) < 4.78 is 0. The van der Waals surface area contributed by atoms with Gasteiger partial charge in [0.25, 0.3) is 0 Å². The molecule has 1 heterocycles. The van der Waals surface area contributed by atoms with E-state index in [4.69, 9.17) is 0 Å². The van der Waals surface area contributed by atoms with Crippen molar-refractivity contribution in [2.75, 3.05) is 19.6 Å². The molecule has 3 heteroatoms. The minimum atomic E-state index is -0.155. The van der Waals surface area contributed by atoms with Gasteiger partial charge in [-0.25, -0.2) is 0 Å². The minimum absolute atomic E-state index is 0. The molecule has 0 aliphatic carbocycles. The molecule has 1 unspecified atom stereocenters. The quantitative estimate of drug-likeness (QED) is 0.634. The van der Waals surface area contributed by atoms with Gasteiger partial charge in [-0.3, -0.25) is 4.79 Å². The Morgan fingerprint density at radius 1 is 0.931 bits per heavy atom. The van der Waals surface area contributed by atoms with E-state index in [0.717, 1.165) is 31.6 Å². The Hall–Kier alpha value is -2.13. The summed E-state index contributed by atoms with van der Waals surface area (Å²) in [7, 11) is 0. The van der Waals surface area contributed by atoms with Crippen LogP contribution in [0.5, 0.6) is 0 Å². The van der Waals surface area contributed by atoms with Crippen LogP contribution < -0.4 is 5.32 Å². The molecule has 1 N–H and O–H groups in total. The molecule has 3 nitrogen and oxygen atoms in total. The molecule has 1 aliphatic rings. The van der Waals surface area contributed by atoms with Gasteiger partial charge in [0.1, 0.15) is 0 Å². The molecular weight excluding hydrogens is 356 g/mol.